The van der Waals surface area contributed by atoms with Crippen LogP contribution in [0.15, 0.2) is 23.7 Å². The van der Waals surface area contributed by atoms with Crippen LogP contribution in [0.25, 0.3) is 0 Å². The van der Waals surface area contributed by atoms with Crippen LogP contribution in [-0.2, 0) is 0 Å². The fraction of sp³-hybridized carbons (Fsp3) is 0.429. The van der Waals surface area contributed by atoms with Gasteiger partial charge in [-0.2, -0.15) is 0 Å². The molecular formula is C7H10O3. The molecule has 1 atom stereocenters. The van der Waals surface area contributed by atoms with Gasteiger partial charge in [0.1, 0.15) is 5.76 Å². The Balaban J connectivity index is 2.65. The normalized spacial score (nSPS) is 25.5. The lowest BCUT2D eigenvalue weighted by molar-refractivity contribution is 0.225. The van der Waals surface area contributed by atoms with Crippen LogP contribution in [0.5, 0.6) is 0 Å². The van der Waals surface area contributed by atoms with Gasteiger partial charge in [-0.25, -0.2) is 0 Å². The first-order valence-corrected chi connectivity index (χ1v) is 3.14. The van der Waals surface area contributed by atoms with Crippen molar-refractivity contribution in [2.24, 2.45) is 5.92 Å². The lowest BCUT2D eigenvalue weighted by Gasteiger charge is -2.13. The van der Waals surface area contributed by atoms with Crippen molar-refractivity contribution in [1.29, 1.82) is 0 Å². The molecule has 1 rings (SSSR count). The number of aliphatic hydroxyl groups excluding tert-OH is 3. The largest absolute Gasteiger partial charge is 0.508 e. The second kappa shape index (κ2) is 2.75. The summed E-state index contributed by atoms with van der Waals surface area (Å²) in [5, 5.41) is 26.4. The minimum Gasteiger partial charge on any atom is -0.508 e. The molecule has 3 N–H and O–H groups in total. The second-order valence-electron chi connectivity index (χ2n) is 2.34. The molecule has 3 nitrogen and oxygen atoms in total. The Labute approximate surface area is 58.9 Å². The zero-order valence-electron chi connectivity index (χ0n) is 5.49. The standard InChI is InChI=1S/C7H10O3/c8-4-5-1-2-6(9)7(10)3-5/h1-2,5,8-10H,3-4H2/t5-/m0/s1. The summed E-state index contributed by atoms with van der Waals surface area (Å²) in [6.07, 6.45) is 3.41. The molecule has 0 amide bonds. The Hall–Kier alpha value is -0.960. The van der Waals surface area contributed by atoms with Crippen LogP contribution in [0, 0.1) is 5.92 Å². The zero-order valence-corrected chi connectivity index (χ0v) is 5.49. The molecule has 56 valence electrons. The van der Waals surface area contributed by atoms with Crippen LogP contribution in [0.1, 0.15) is 6.42 Å². The van der Waals surface area contributed by atoms with Gasteiger partial charge in [0.25, 0.3) is 0 Å². The SMILES string of the molecule is OC[C@H]1C=CC(O)=C(O)C1. The molecule has 0 aromatic rings. The van der Waals surface area contributed by atoms with Gasteiger partial charge in [-0.3, -0.25) is 0 Å². The Morgan fingerprint density at radius 2 is 2.20 bits per heavy atom. The number of hydrogen-bond acceptors (Lipinski definition) is 3. The van der Waals surface area contributed by atoms with Gasteiger partial charge < -0.3 is 15.3 Å². The summed E-state index contributed by atoms with van der Waals surface area (Å²) in [5.41, 5.74) is 0. The summed E-state index contributed by atoms with van der Waals surface area (Å²) in [4.78, 5) is 0. The van der Waals surface area contributed by atoms with Crippen molar-refractivity contribution in [3.8, 4) is 0 Å². The molecular weight excluding hydrogens is 132 g/mol. The number of hydrogen-bond donors (Lipinski definition) is 3. The molecule has 0 heterocycles. The molecule has 0 radical (unpaired) electrons. The maximum absolute atomic E-state index is 8.95. The summed E-state index contributed by atoms with van der Waals surface area (Å²) < 4.78 is 0. The fourth-order valence-corrected chi connectivity index (χ4v) is 0.870. The molecule has 0 aromatic heterocycles. The third-order valence-electron chi connectivity index (χ3n) is 1.51. The van der Waals surface area contributed by atoms with E-state index < -0.39 is 0 Å². The van der Waals surface area contributed by atoms with E-state index in [4.69, 9.17) is 15.3 Å². The van der Waals surface area contributed by atoms with E-state index in [1.54, 1.807) is 6.08 Å². The molecule has 0 aromatic carbocycles. The van der Waals surface area contributed by atoms with Gasteiger partial charge >= 0.3 is 0 Å². The van der Waals surface area contributed by atoms with Crippen LogP contribution >= 0.6 is 0 Å². The third kappa shape index (κ3) is 1.30. The smallest absolute Gasteiger partial charge is 0.152 e. The van der Waals surface area contributed by atoms with E-state index in [1.165, 1.54) is 6.08 Å². The zero-order chi connectivity index (χ0) is 7.56. The van der Waals surface area contributed by atoms with Crippen molar-refractivity contribution in [3.05, 3.63) is 23.7 Å². The first-order valence-electron chi connectivity index (χ1n) is 3.14. The van der Waals surface area contributed by atoms with Gasteiger partial charge in [0.15, 0.2) is 5.76 Å². The summed E-state index contributed by atoms with van der Waals surface area (Å²) in [7, 11) is 0. The molecule has 0 bridgehead atoms. The molecule has 0 fully saturated rings. The predicted molar refractivity (Wildman–Crippen MR) is 36.6 cm³/mol. The van der Waals surface area contributed by atoms with Gasteiger partial charge in [-0.1, -0.05) is 6.08 Å². The highest BCUT2D eigenvalue weighted by molar-refractivity contribution is 5.20. The van der Waals surface area contributed by atoms with Gasteiger partial charge in [0.2, 0.25) is 0 Å². The number of aliphatic hydroxyl groups is 3. The van der Waals surface area contributed by atoms with E-state index in [2.05, 4.69) is 0 Å². The number of rotatable bonds is 1. The maximum Gasteiger partial charge on any atom is 0.152 e. The Morgan fingerprint density at radius 1 is 1.50 bits per heavy atom. The summed E-state index contributed by atoms with van der Waals surface area (Å²) in [5.74, 6) is -0.179. The number of allylic oxidation sites excluding steroid dienone is 2. The van der Waals surface area contributed by atoms with Gasteiger partial charge in [0, 0.05) is 18.9 Å². The van der Waals surface area contributed by atoms with Crippen LogP contribution in [0.4, 0.5) is 0 Å². The van der Waals surface area contributed by atoms with Crippen molar-refractivity contribution in [3.63, 3.8) is 0 Å². The first kappa shape index (κ1) is 7.15. The van der Waals surface area contributed by atoms with E-state index >= 15 is 0 Å². The van der Waals surface area contributed by atoms with E-state index in [0.29, 0.717) is 6.42 Å². The minimum atomic E-state index is -0.0929. The molecule has 0 aliphatic heterocycles. The lowest BCUT2D eigenvalue weighted by Crippen LogP contribution is -2.08. The Bertz CT molecular complexity index is 181. The van der Waals surface area contributed by atoms with Crippen molar-refractivity contribution >= 4 is 0 Å². The topological polar surface area (TPSA) is 60.7 Å². The van der Waals surface area contributed by atoms with Crippen molar-refractivity contribution < 1.29 is 15.3 Å². The van der Waals surface area contributed by atoms with E-state index in [1.807, 2.05) is 0 Å². The Kier molecular flexibility index (Phi) is 1.97. The molecule has 1 aliphatic carbocycles. The van der Waals surface area contributed by atoms with Crippen LogP contribution < -0.4 is 0 Å². The highest BCUT2D eigenvalue weighted by Gasteiger charge is 2.13. The van der Waals surface area contributed by atoms with E-state index in [0.717, 1.165) is 0 Å². The van der Waals surface area contributed by atoms with Crippen molar-refractivity contribution in [2.75, 3.05) is 6.61 Å². The predicted octanol–water partition coefficient (Wildman–Crippen LogP) is 0.882. The van der Waals surface area contributed by atoms with Crippen molar-refractivity contribution in [2.45, 2.75) is 6.42 Å². The molecule has 10 heavy (non-hydrogen) atoms. The van der Waals surface area contributed by atoms with Crippen LogP contribution in [0.2, 0.25) is 0 Å². The molecule has 0 unspecified atom stereocenters. The quantitative estimate of drug-likeness (QED) is 0.509. The third-order valence-corrected chi connectivity index (χ3v) is 1.51. The second-order valence-corrected chi connectivity index (χ2v) is 2.34. The summed E-state index contributed by atoms with van der Waals surface area (Å²) in [6.45, 7) is 0.00778. The molecule has 0 saturated heterocycles. The van der Waals surface area contributed by atoms with E-state index in [-0.39, 0.29) is 24.0 Å². The first-order chi connectivity index (χ1) is 4.74. The molecule has 0 spiro atoms. The average molecular weight is 142 g/mol. The lowest BCUT2D eigenvalue weighted by atomic mass is 10.00. The van der Waals surface area contributed by atoms with E-state index in [9.17, 15) is 0 Å². The molecule has 1 aliphatic rings. The van der Waals surface area contributed by atoms with Gasteiger partial charge in [0.05, 0.1) is 0 Å². The average Bonchev–Trinajstić information content (AvgIpc) is 1.95. The highest BCUT2D eigenvalue weighted by atomic mass is 16.3. The van der Waals surface area contributed by atoms with Gasteiger partial charge in [-0.05, 0) is 6.08 Å². The monoisotopic (exact) mass is 142 g/mol. The fourth-order valence-electron chi connectivity index (χ4n) is 0.870. The Morgan fingerprint density at radius 3 is 2.70 bits per heavy atom. The summed E-state index contributed by atoms with van der Waals surface area (Å²) >= 11 is 0. The van der Waals surface area contributed by atoms with Crippen LogP contribution in [-0.4, -0.2) is 21.9 Å². The maximum atomic E-state index is 8.95. The summed E-state index contributed by atoms with van der Waals surface area (Å²) in [6, 6.07) is 0. The molecule has 3 heteroatoms. The van der Waals surface area contributed by atoms with Crippen molar-refractivity contribution in [1.82, 2.24) is 0 Å². The van der Waals surface area contributed by atoms with Gasteiger partial charge in [-0.15, -0.1) is 0 Å². The highest BCUT2D eigenvalue weighted by Crippen LogP contribution is 2.19. The molecule has 0 saturated carbocycles. The minimum absolute atomic E-state index is 0.00778. The van der Waals surface area contributed by atoms with Crippen LogP contribution in [0.3, 0.4) is 0 Å².